The summed E-state index contributed by atoms with van der Waals surface area (Å²) in [6.07, 6.45) is 7.64. The van der Waals surface area contributed by atoms with Crippen molar-refractivity contribution in [2.45, 2.75) is 64.6 Å². The van der Waals surface area contributed by atoms with Crippen molar-refractivity contribution in [2.75, 3.05) is 32.2 Å². The number of ether oxygens (including phenoxy) is 1. The van der Waals surface area contributed by atoms with Crippen LogP contribution in [0.15, 0.2) is 42.6 Å². The highest BCUT2D eigenvalue weighted by molar-refractivity contribution is 5.95. The van der Waals surface area contributed by atoms with Gasteiger partial charge in [-0.1, -0.05) is 38.3 Å². The first-order valence-corrected chi connectivity index (χ1v) is 14.0. The van der Waals surface area contributed by atoms with E-state index >= 15 is 0 Å². The Kier molecular flexibility index (Phi) is 10.3. The number of methoxy groups -OCH3 is 1. The van der Waals surface area contributed by atoms with Gasteiger partial charge >= 0.3 is 0 Å². The zero-order valence-electron chi connectivity index (χ0n) is 23.6. The second kappa shape index (κ2) is 14.0. The first-order valence-electron chi connectivity index (χ1n) is 14.0. The van der Waals surface area contributed by atoms with Crippen LogP contribution in [0.1, 0.15) is 85.6 Å². The molecule has 39 heavy (non-hydrogen) atoms. The van der Waals surface area contributed by atoms with Crippen LogP contribution in [0.4, 0.5) is 5.82 Å². The summed E-state index contributed by atoms with van der Waals surface area (Å²) in [5.41, 5.74) is 1.51. The van der Waals surface area contributed by atoms with Crippen molar-refractivity contribution in [3.63, 3.8) is 0 Å². The Morgan fingerprint density at radius 3 is 2.90 bits per heavy atom. The van der Waals surface area contributed by atoms with Gasteiger partial charge in [0.15, 0.2) is 5.82 Å². The van der Waals surface area contributed by atoms with Crippen LogP contribution in [-0.4, -0.2) is 57.4 Å². The van der Waals surface area contributed by atoms with E-state index in [4.69, 9.17) is 4.74 Å². The van der Waals surface area contributed by atoms with Crippen molar-refractivity contribution >= 4 is 11.7 Å². The minimum atomic E-state index is -0.171. The average Bonchev–Trinajstić information content (AvgIpc) is 3.34. The highest BCUT2D eigenvalue weighted by Gasteiger charge is 2.28. The quantitative estimate of drug-likeness (QED) is 0.280. The molecule has 1 unspecified atom stereocenters. The highest BCUT2D eigenvalue weighted by Crippen LogP contribution is 2.25. The number of aromatic nitrogens is 4. The van der Waals surface area contributed by atoms with Crippen LogP contribution in [0.3, 0.4) is 0 Å². The Labute approximate surface area is 231 Å². The fourth-order valence-corrected chi connectivity index (χ4v) is 4.95. The van der Waals surface area contributed by atoms with Gasteiger partial charge in [0.05, 0.1) is 25.7 Å². The molecule has 3 heterocycles. The van der Waals surface area contributed by atoms with Crippen molar-refractivity contribution in [3.05, 3.63) is 65.4 Å². The van der Waals surface area contributed by atoms with Crippen LogP contribution in [-0.2, 0) is 13.6 Å². The predicted octanol–water partition coefficient (Wildman–Crippen LogP) is 4.20. The van der Waals surface area contributed by atoms with E-state index in [0.717, 1.165) is 49.1 Å². The summed E-state index contributed by atoms with van der Waals surface area (Å²) < 4.78 is 7.39. The summed E-state index contributed by atoms with van der Waals surface area (Å²) in [5, 5.41) is 18.9. The molecule has 0 spiro atoms. The lowest BCUT2D eigenvalue weighted by molar-refractivity contribution is 0.0939. The number of benzene rings is 1. The summed E-state index contributed by atoms with van der Waals surface area (Å²) in [5.74, 6) is 3.03. The van der Waals surface area contributed by atoms with E-state index in [0.29, 0.717) is 17.9 Å². The molecule has 0 radical (unpaired) electrons. The van der Waals surface area contributed by atoms with Gasteiger partial charge in [-0.05, 0) is 56.1 Å². The molecule has 1 aliphatic rings. The van der Waals surface area contributed by atoms with Gasteiger partial charge in [-0.15, -0.1) is 10.2 Å². The van der Waals surface area contributed by atoms with E-state index in [2.05, 4.69) is 47.5 Å². The molecule has 210 valence electrons. The Bertz CT molecular complexity index is 1210. The van der Waals surface area contributed by atoms with Crippen molar-refractivity contribution in [3.8, 4) is 5.75 Å². The summed E-state index contributed by atoms with van der Waals surface area (Å²) >= 11 is 0. The molecular weight excluding hydrogens is 492 g/mol. The Hall–Kier alpha value is -3.50. The van der Waals surface area contributed by atoms with Crippen LogP contribution >= 0.6 is 0 Å². The van der Waals surface area contributed by atoms with E-state index in [1.54, 1.807) is 25.4 Å². The van der Waals surface area contributed by atoms with Crippen molar-refractivity contribution in [1.82, 2.24) is 35.3 Å². The molecule has 1 fully saturated rings. The molecule has 10 heteroatoms. The van der Waals surface area contributed by atoms with E-state index in [1.807, 2.05) is 38.2 Å². The van der Waals surface area contributed by atoms with Crippen LogP contribution in [0, 0.1) is 0 Å². The van der Waals surface area contributed by atoms with Gasteiger partial charge in [-0.2, -0.15) is 0 Å². The second-order valence-electron chi connectivity index (χ2n) is 10.1. The lowest BCUT2D eigenvalue weighted by Crippen LogP contribution is -2.45. The van der Waals surface area contributed by atoms with Crippen LogP contribution < -0.4 is 20.7 Å². The summed E-state index contributed by atoms with van der Waals surface area (Å²) in [4.78, 5) is 19.8. The largest absolute Gasteiger partial charge is 0.497 e. The minimum Gasteiger partial charge on any atom is -0.497 e. The number of hydrogen-bond acceptors (Lipinski definition) is 8. The van der Waals surface area contributed by atoms with Gasteiger partial charge < -0.3 is 25.3 Å². The maximum atomic E-state index is 12.9. The fourth-order valence-electron chi connectivity index (χ4n) is 4.95. The molecule has 3 aromatic rings. The van der Waals surface area contributed by atoms with Crippen molar-refractivity contribution in [1.29, 1.82) is 0 Å². The molecular formula is C29H42N8O2. The van der Waals surface area contributed by atoms with Crippen molar-refractivity contribution < 1.29 is 9.53 Å². The number of nitrogens with zero attached hydrogens (tertiary/aromatic N) is 5. The maximum absolute atomic E-state index is 12.9. The lowest BCUT2D eigenvalue weighted by Gasteiger charge is -2.35. The predicted molar refractivity (Wildman–Crippen MR) is 153 cm³/mol. The first kappa shape index (κ1) is 28.5. The van der Waals surface area contributed by atoms with Gasteiger partial charge in [0.2, 0.25) is 0 Å². The number of nitrogens with one attached hydrogen (secondary N) is 3. The lowest BCUT2D eigenvalue weighted by atomic mass is 10.1. The number of pyridine rings is 1. The molecule has 4 rings (SSSR count). The van der Waals surface area contributed by atoms with E-state index in [-0.39, 0.29) is 18.0 Å². The SMILES string of the molecule is CCCCCCN1CNCCC1c1nnc(CNc2cc(C(=O)N[C@@H](C)c3cccc(OC)c3)ccn2)n1C. The number of anilines is 1. The molecule has 0 saturated carbocycles. The molecule has 1 saturated heterocycles. The van der Waals surface area contributed by atoms with E-state index in [1.165, 1.54) is 25.7 Å². The molecule has 0 bridgehead atoms. The van der Waals surface area contributed by atoms with Gasteiger partial charge in [0.25, 0.3) is 5.91 Å². The topological polar surface area (TPSA) is 109 Å². The molecule has 2 atom stereocenters. The zero-order chi connectivity index (χ0) is 27.6. The monoisotopic (exact) mass is 534 g/mol. The number of carbonyl (C=O) groups excluding carboxylic acids is 1. The van der Waals surface area contributed by atoms with Gasteiger partial charge in [0.1, 0.15) is 17.4 Å². The summed E-state index contributed by atoms with van der Waals surface area (Å²) in [6, 6.07) is 11.3. The third kappa shape index (κ3) is 7.54. The van der Waals surface area contributed by atoms with Gasteiger partial charge in [-0.25, -0.2) is 4.98 Å². The second-order valence-corrected chi connectivity index (χ2v) is 10.1. The fraction of sp³-hybridized carbons (Fsp3) is 0.517. The molecule has 1 amide bonds. The number of hydrogen-bond donors (Lipinski definition) is 3. The highest BCUT2D eigenvalue weighted by atomic mass is 16.5. The third-order valence-corrected chi connectivity index (χ3v) is 7.34. The molecule has 1 aromatic carbocycles. The number of carbonyl (C=O) groups is 1. The Morgan fingerprint density at radius 1 is 1.21 bits per heavy atom. The Balaban J connectivity index is 1.36. The van der Waals surface area contributed by atoms with Crippen molar-refractivity contribution in [2.24, 2.45) is 7.05 Å². The smallest absolute Gasteiger partial charge is 0.251 e. The molecule has 10 nitrogen and oxygen atoms in total. The molecule has 0 aliphatic carbocycles. The van der Waals surface area contributed by atoms with E-state index < -0.39 is 0 Å². The van der Waals surface area contributed by atoms with Gasteiger partial charge in [0, 0.05) is 32.0 Å². The number of amides is 1. The first-order chi connectivity index (χ1) is 19.0. The molecule has 3 N–H and O–H groups in total. The average molecular weight is 535 g/mol. The number of rotatable bonds is 13. The molecule has 2 aromatic heterocycles. The zero-order valence-corrected chi connectivity index (χ0v) is 23.6. The maximum Gasteiger partial charge on any atom is 0.251 e. The summed E-state index contributed by atoms with van der Waals surface area (Å²) in [7, 11) is 3.66. The Morgan fingerprint density at radius 2 is 2.08 bits per heavy atom. The van der Waals surface area contributed by atoms with Crippen LogP contribution in [0.25, 0.3) is 0 Å². The van der Waals surface area contributed by atoms with Gasteiger partial charge in [-0.3, -0.25) is 9.69 Å². The normalized spacial score (nSPS) is 16.6. The minimum absolute atomic E-state index is 0.165. The molecule has 1 aliphatic heterocycles. The third-order valence-electron chi connectivity index (χ3n) is 7.34. The standard InChI is InChI=1S/C29H42N8O2/c1-5-6-7-8-16-37-20-30-14-13-25(37)28-35-34-27(36(28)3)19-32-26-18-23(12-15-31-26)29(38)33-21(2)22-10-9-11-24(17-22)39-4/h9-12,15,17-18,21,25,30H,5-8,13-14,16,19-20H2,1-4H3,(H,31,32)(H,33,38)/t21-,25?/m0/s1. The van der Waals surface area contributed by atoms with Crippen LogP contribution in [0.2, 0.25) is 0 Å². The number of unbranched alkanes of at least 4 members (excludes halogenated alkanes) is 3. The van der Waals surface area contributed by atoms with E-state index in [9.17, 15) is 4.79 Å². The van der Waals surface area contributed by atoms with Crippen LogP contribution in [0.5, 0.6) is 5.75 Å². The summed E-state index contributed by atoms with van der Waals surface area (Å²) in [6.45, 7) is 7.58.